The van der Waals surface area contributed by atoms with E-state index in [0.29, 0.717) is 30.3 Å². The fourth-order valence-electron chi connectivity index (χ4n) is 2.75. The van der Waals surface area contributed by atoms with Gasteiger partial charge in [0.05, 0.1) is 17.9 Å². The lowest BCUT2D eigenvalue weighted by Crippen LogP contribution is -2.28. The second-order valence-electron chi connectivity index (χ2n) is 5.89. The molecule has 2 aromatic rings. The number of aliphatic carboxylic acids is 1. The van der Waals surface area contributed by atoms with Crippen molar-refractivity contribution in [1.82, 2.24) is 5.32 Å². The Morgan fingerprint density at radius 2 is 1.96 bits per heavy atom. The first-order valence-corrected chi connectivity index (χ1v) is 7.95. The van der Waals surface area contributed by atoms with Crippen LogP contribution in [0.15, 0.2) is 28.9 Å². The van der Waals surface area contributed by atoms with Crippen molar-refractivity contribution in [3.8, 4) is 11.5 Å². The average molecular weight is 345 g/mol. The van der Waals surface area contributed by atoms with Crippen molar-refractivity contribution >= 4 is 11.9 Å². The number of amides is 1. The lowest BCUT2D eigenvalue weighted by molar-refractivity contribution is -0.136. The summed E-state index contributed by atoms with van der Waals surface area (Å²) in [4.78, 5) is 23.5. The van der Waals surface area contributed by atoms with Gasteiger partial charge < -0.3 is 24.3 Å². The lowest BCUT2D eigenvalue weighted by Gasteiger charge is -2.21. The Balaban J connectivity index is 1.77. The molecule has 3 rings (SSSR count). The van der Waals surface area contributed by atoms with E-state index in [-0.39, 0.29) is 29.7 Å². The van der Waals surface area contributed by atoms with Crippen molar-refractivity contribution in [3.05, 3.63) is 46.9 Å². The molecule has 1 amide bonds. The fourth-order valence-corrected chi connectivity index (χ4v) is 2.75. The number of carboxylic acid groups (broad SMARTS) is 1. The molecule has 0 aliphatic carbocycles. The summed E-state index contributed by atoms with van der Waals surface area (Å²) in [6.07, 6.45) is 1.05. The van der Waals surface area contributed by atoms with E-state index in [0.717, 1.165) is 5.56 Å². The second-order valence-corrected chi connectivity index (χ2v) is 5.89. The zero-order valence-electron chi connectivity index (χ0n) is 14.0. The first-order chi connectivity index (χ1) is 12.0. The molecule has 0 saturated carbocycles. The molecular weight excluding hydrogens is 326 g/mol. The molecule has 1 aromatic heterocycles. The van der Waals surface area contributed by atoms with E-state index >= 15 is 0 Å². The highest BCUT2D eigenvalue weighted by Crippen LogP contribution is 2.32. The van der Waals surface area contributed by atoms with Crippen molar-refractivity contribution in [2.75, 3.05) is 13.2 Å². The predicted octanol–water partition coefficient (Wildman–Crippen LogP) is 2.48. The lowest BCUT2D eigenvalue weighted by atomic mass is 10.1. The number of aryl methyl sites for hydroxylation is 1. The summed E-state index contributed by atoms with van der Waals surface area (Å²) in [5.74, 6) is 0.0592. The third-order valence-corrected chi connectivity index (χ3v) is 4.00. The van der Waals surface area contributed by atoms with Crippen LogP contribution in [0.4, 0.5) is 0 Å². The number of ether oxygens (including phenoxy) is 2. The van der Waals surface area contributed by atoms with Crippen molar-refractivity contribution in [1.29, 1.82) is 0 Å². The molecule has 7 nitrogen and oxygen atoms in total. The van der Waals surface area contributed by atoms with Gasteiger partial charge in [0.15, 0.2) is 11.5 Å². The molecule has 1 unspecified atom stereocenters. The van der Waals surface area contributed by atoms with Crippen molar-refractivity contribution in [3.63, 3.8) is 0 Å². The van der Waals surface area contributed by atoms with Crippen LogP contribution in [-0.4, -0.2) is 30.2 Å². The topological polar surface area (TPSA) is 98.0 Å². The van der Waals surface area contributed by atoms with Crippen LogP contribution >= 0.6 is 0 Å². The highest BCUT2D eigenvalue weighted by atomic mass is 16.6. The Hall–Kier alpha value is -2.96. The van der Waals surface area contributed by atoms with Gasteiger partial charge >= 0.3 is 5.97 Å². The van der Waals surface area contributed by atoms with E-state index in [9.17, 15) is 9.59 Å². The summed E-state index contributed by atoms with van der Waals surface area (Å²) in [5.41, 5.74) is 1.73. The molecule has 2 heterocycles. The Labute approximate surface area is 144 Å². The van der Waals surface area contributed by atoms with E-state index in [2.05, 4.69) is 5.32 Å². The van der Waals surface area contributed by atoms with Crippen LogP contribution < -0.4 is 14.8 Å². The minimum Gasteiger partial charge on any atom is -0.486 e. The first-order valence-electron chi connectivity index (χ1n) is 7.95. The Morgan fingerprint density at radius 3 is 2.68 bits per heavy atom. The molecule has 0 bridgehead atoms. The van der Waals surface area contributed by atoms with Crippen LogP contribution in [0.25, 0.3) is 0 Å². The molecule has 0 saturated heterocycles. The monoisotopic (exact) mass is 345 g/mol. The molecular formula is C18H19NO6. The number of rotatable bonds is 5. The minimum absolute atomic E-state index is 0.150. The highest BCUT2D eigenvalue weighted by Gasteiger charge is 2.22. The molecule has 1 aromatic carbocycles. The highest BCUT2D eigenvalue weighted by molar-refractivity contribution is 5.97. The maximum atomic E-state index is 12.6. The second kappa shape index (κ2) is 6.88. The summed E-state index contributed by atoms with van der Waals surface area (Å²) in [7, 11) is 0. The standard InChI is InChI=1S/C18H19NO6/c1-10-9-25-15(8-16(20)21)17(10)18(22)19-11(2)12-3-4-13-14(7-12)24-6-5-23-13/h3-4,7,9,11H,5-6,8H2,1-2H3,(H,19,22)(H,20,21). The number of nitrogens with one attached hydrogen (secondary N) is 1. The molecule has 1 aliphatic heterocycles. The summed E-state index contributed by atoms with van der Waals surface area (Å²) in [5, 5.41) is 11.8. The van der Waals surface area contributed by atoms with Gasteiger partial charge in [-0.2, -0.15) is 0 Å². The number of furan rings is 1. The van der Waals surface area contributed by atoms with Gasteiger partial charge in [-0.15, -0.1) is 0 Å². The maximum Gasteiger partial charge on any atom is 0.311 e. The predicted molar refractivity (Wildman–Crippen MR) is 88.1 cm³/mol. The van der Waals surface area contributed by atoms with E-state index in [4.69, 9.17) is 19.0 Å². The number of carboxylic acids is 1. The Kier molecular flexibility index (Phi) is 4.65. The van der Waals surface area contributed by atoms with Gasteiger partial charge in [-0.25, -0.2) is 0 Å². The SMILES string of the molecule is Cc1coc(CC(=O)O)c1C(=O)NC(C)c1ccc2c(c1)OCCO2. The van der Waals surface area contributed by atoms with Gasteiger partial charge in [0, 0.05) is 5.56 Å². The largest absolute Gasteiger partial charge is 0.486 e. The minimum atomic E-state index is -1.05. The van der Waals surface area contributed by atoms with Gasteiger partial charge in [-0.3, -0.25) is 9.59 Å². The number of carbonyl (C=O) groups excluding carboxylic acids is 1. The molecule has 0 radical (unpaired) electrons. The van der Waals surface area contributed by atoms with Crippen LogP contribution in [0.3, 0.4) is 0 Å². The fraction of sp³-hybridized carbons (Fsp3) is 0.333. The number of hydrogen-bond acceptors (Lipinski definition) is 5. The van der Waals surface area contributed by atoms with Crippen LogP contribution in [0.2, 0.25) is 0 Å². The van der Waals surface area contributed by atoms with E-state index < -0.39 is 5.97 Å². The first kappa shape index (κ1) is 16.9. The summed E-state index contributed by atoms with van der Waals surface area (Å²) in [6, 6.07) is 5.21. The van der Waals surface area contributed by atoms with Crippen LogP contribution in [0.5, 0.6) is 11.5 Å². The maximum absolute atomic E-state index is 12.6. The van der Waals surface area contributed by atoms with Gasteiger partial charge in [-0.05, 0) is 31.5 Å². The molecule has 7 heteroatoms. The van der Waals surface area contributed by atoms with E-state index in [1.54, 1.807) is 6.92 Å². The Morgan fingerprint density at radius 1 is 1.24 bits per heavy atom. The molecule has 132 valence electrons. The van der Waals surface area contributed by atoms with Gasteiger partial charge in [0.25, 0.3) is 5.91 Å². The molecule has 1 aliphatic rings. The van der Waals surface area contributed by atoms with Crippen LogP contribution in [0, 0.1) is 6.92 Å². The number of hydrogen-bond donors (Lipinski definition) is 2. The third kappa shape index (κ3) is 3.60. The summed E-state index contributed by atoms with van der Waals surface area (Å²) in [6.45, 7) is 4.56. The van der Waals surface area contributed by atoms with Crippen molar-refractivity contribution in [2.45, 2.75) is 26.3 Å². The Bertz CT molecular complexity index is 810. The van der Waals surface area contributed by atoms with E-state index in [1.165, 1.54) is 6.26 Å². The zero-order chi connectivity index (χ0) is 18.0. The normalized spacial score (nSPS) is 14.0. The number of fused-ring (bicyclic) bond motifs is 1. The van der Waals surface area contributed by atoms with Gasteiger partial charge in [-0.1, -0.05) is 6.07 Å². The molecule has 0 fully saturated rings. The quantitative estimate of drug-likeness (QED) is 0.864. The van der Waals surface area contributed by atoms with Crippen molar-refractivity contribution < 1.29 is 28.6 Å². The van der Waals surface area contributed by atoms with Gasteiger partial charge in [0.2, 0.25) is 0 Å². The van der Waals surface area contributed by atoms with E-state index in [1.807, 2.05) is 25.1 Å². The molecule has 0 spiro atoms. The number of carbonyl (C=O) groups is 2. The zero-order valence-corrected chi connectivity index (χ0v) is 14.0. The summed E-state index contributed by atoms with van der Waals surface area (Å²) < 4.78 is 16.3. The van der Waals surface area contributed by atoms with Crippen molar-refractivity contribution in [2.24, 2.45) is 0 Å². The number of benzene rings is 1. The molecule has 1 atom stereocenters. The van der Waals surface area contributed by atoms with Crippen LogP contribution in [-0.2, 0) is 11.2 Å². The molecule has 2 N–H and O–H groups in total. The summed E-state index contributed by atoms with van der Waals surface area (Å²) >= 11 is 0. The van der Waals surface area contributed by atoms with Gasteiger partial charge in [0.1, 0.15) is 25.4 Å². The van der Waals surface area contributed by atoms with Crippen LogP contribution in [0.1, 0.15) is 40.2 Å². The molecule has 25 heavy (non-hydrogen) atoms. The third-order valence-electron chi connectivity index (χ3n) is 4.00. The smallest absolute Gasteiger partial charge is 0.311 e. The average Bonchev–Trinajstić information content (AvgIpc) is 2.94.